The predicted octanol–water partition coefficient (Wildman–Crippen LogP) is 3.07. The molecule has 0 unspecified atom stereocenters. The zero-order chi connectivity index (χ0) is 19.1. The summed E-state index contributed by atoms with van der Waals surface area (Å²) < 4.78 is 10.3. The number of benzene rings is 2. The van der Waals surface area contributed by atoms with Crippen molar-refractivity contribution in [3.63, 3.8) is 0 Å². The van der Waals surface area contributed by atoms with E-state index in [4.69, 9.17) is 9.47 Å². The van der Waals surface area contributed by atoms with Crippen LogP contribution in [0.5, 0.6) is 5.75 Å². The van der Waals surface area contributed by atoms with Crippen LogP contribution in [0.1, 0.15) is 28.4 Å². The molecule has 26 heavy (non-hydrogen) atoms. The number of esters is 1. The molecule has 136 valence electrons. The number of hydrogen-bond donors (Lipinski definition) is 1. The van der Waals surface area contributed by atoms with Crippen LogP contribution in [0.25, 0.3) is 0 Å². The summed E-state index contributed by atoms with van der Waals surface area (Å²) in [6.07, 6.45) is 0. The summed E-state index contributed by atoms with van der Waals surface area (Å²) in [5.41, 5.74) is 3.01. The van der Waals surface area contributed by atoms with Gasteiger partial charge in [0.2, 0.25) is 0 Å². The van der Waals surface area contributed by atoms with E-state index in [1.54, 1.807) is 24.3 Å². The summed E-state index contributed by atoms with van der Waals surface area (Å²) in [4.78, 5) is 34.9. The molecule has 0 aliphatic rings. The molecular weight excluding hydrogens is 334 g/mol. The van der Waals surface area contributed by atoms with Crippen LogP contribution in [0.3, 0.4) is 0 Å². The Morgan fingerprint density at radius 2 is 1.65 bits per heavy atom. The Morgan fingerprint density at radius 3 is 2.31 bits per heavy atom. The van der Waals surface area contributed by atoms with Gasteiger partial charge in [0.1, 0.15) is 5.75 Å². The van der Waals surface area contributed by atoms with Crippen LogP contribution in [0.4, 0.5) is 5.69 Å². The minimum absolute atomic E-state index is 0.101. The fourth-order valence-electron chi connectivity index (χ4n) is 2.36. The van der Waals surface area contributed by atoms with Gasteiger partial charge in [-0.1, -0.05) is 18.2 Å². The van der Waals surface area contributed by atoms with Gasteiger partial charge in [0.05, 0.1) is 0 Å². The largest absolute Gasteiger partial charge is 0.482 e. The third kappa shape index (κ3) is 6.05. The van der Waals surface area contributed by atoms with Crippen LogP contribution in [0, 0.1) is 13.8 Å². The molecule has 2 aromatic carbocycles. The van der Waals surface area contributed by atoms with E-state index in [1.807, 2.05) is 32.0 Å². The molecule has 0 spiro atoms. The van der Waals surface area contributed by atoms with Gasteiger partial charge >= 0.3 is 5.97 Å². The van der Waals surface area contributed by atoms with Crippen molar-refractivity contribution < 1.29 is 23.9 Å². The number of carbonyl (C=O) groups is 3. The van der Waals surface area contributed by atoms with Crippen molar-refractivity contribution >= 4 is 23.3 Å². The molecule has 0 bridgehead atoms. The van der Waals surface area contributed by atoms with E-state index in [0.29, 0.717) is 17.0 Å². The van der Waals surface area contributed by atoms with Crippen LogP contribution < -0.4 is 10.1 Å². The SMILES string of the molecule is CC(=O)c1cccc(NC(=O)COC(=O)COc2cc(C)cc(C)c2)c1. The van der Waals surface area contributed by atoms with Gasteiger partial charge in [0.25, 0.3) is 5.91 Å². The van der Waals surface area contributed by atoms with E-state index >= 15 is 0 Å². The molecule has 0 aliphatic heterocycles. The second-order valence-electron chi connectivity index (χ2n) is 5.96. The zero-order valence-corrected chi connectivity index (χ0v) is 15.0. The van der Waals surface area contributed by atoms with Gasteiger partial charge in [-0.25, -0.2) is 4.79 Å². The molecule has 6 heteroatoms. The lowest BCUT2D eigenvalue weighted by molar-refractivity contribution is -0.149. The Hall–Kier alpha value is -3.15. The second-order valence-corrected chi connectivity index (χ2v) is 5.96. The molecule has 0 saturated heterocycles. The van der Waals surface area contributed by atoms with Crippen molar-refractivity contribution in [2.45, 2.75) is 20.8 Å². The summed E-state index contributed by atoms with van der Waals surface area (Å²) in [6.45, 7) is 4.60. The molecule has 0 fully saturated rings. The number of Topliss-reactive ketones (excluding diaryl/α,β-unsaturated/α-hetero) is 1. The number of rotatable bonds is 7. The van der Waals surface area contributed by atoms with E-state index < -0.39 is 18.5 Å². The lowest BCUT2D eigenvalue weighted by atomic mass is 10.1. The number of amides is 1. The van der Waals surface area contributed by atoms with E-state index in [0.717, 1.165) is 11.1 Å². The Labute approximate surface area is 152 Å². The first kappa shape index (κ1) is 19.2. The third-order valence-corrected chi connectivity index (χ3v) is 3.47. The number of carbonyl (C=O) groups excluding carboxylic acids is 3. The van der Waals surface area contributed by atoms with Crippen LogP contribution >= 0.6 is 0 Å². The maximum Gasteiger partial charge on any atom is 0.344 e. The first-order valence-corrected chi connectivity index (χ1v) is 8.11. The molecule has 0 radical (unpaired) electrons. The highest BCUT2D eigenvalue weighted by atomic mass is 16.6. The third-order valence-electron chi connectivity index (χ3n) is 3.47. The van der Waals surface area contributed by atoms with E-state index in [1.165, 1.54) is 6.92 Å². The molecule has 0 aromatic heterocycles. The van der Waals surface area contributed by atoms with Gasteiger partial charge in [0.15, 0.2) is 19.0 Å². The lowest BCUT2D eigenvalue weighted by Gasteiger charge is -2.09. The summed E-state index contributed by atoms with van der Waals surface area (Å²) >= 11 is 0. The lowest BCUT2D eigenvalue weighted by Crippen LogP contribution is -2.23. The molecule has 2 rings (SSSR count). The molecule has 0 aliphatic carbocycles. The zero-order valence-electron chi connectivity index (χ0n) is 15.0. The average molecular weight is 355 g/mol. The summed E-state index contributed by atoms with van der Waals surface area (Å²) in [6, 6.07) is 12.2. The molecule has 0 saturated carbocycles. The van der Waals surface area contributed by atoms with Gasteiger partial charge in [0, 0.05) is 11.3 Å². The van der Waals surface area contributed by atoms with Crippen LogP contribution in [-0.4, -0.2) is 30.9 Å². The Morgan fingerprint density at radius 1 is 0.962 bits per heavy atom. The molecule has 1 amide bonds. The molecule has 0 heterocycles. The topological polar surface area (TPSA) is 81.7 Å². The van der Waals surface area contributed by atoms with E-state index in [9.17, 15) is 14.4 Å². The van der Waals surface area contributed by atoms with Crippen LogP contribution in [-0.2, 0) is 14.3 Å². The number of nitrogens with one attached hydrogen (secondary N) is 1. The first-order chi connectivity index (χ1) is 12.3. The van der Waals surface area contributed by atoms with Gasteiger partial charge in [-0.3, -0.25) is 9.59 Å². The number of anilines is 1. The summed E-state index contributed by atoms with van der Waals surface area (Å²) in [5.74, 6) is -0.664. The first-order valence-electron chi connectivity index (χ1n) is 8.11. The van der Waals surface area contributed by atoms with Crippen molar-refractivity contribution in [3.8, 4) is 5.75 Å². The van der Waals surface area contributed by atoms with Crippen molar-refractivity contribution in [2.24, 2.45) is 0 Å². The number of ether oxygens (including phenoxy) is 2. The molecular formula is C20H21NO5. The highest BCUT2D eigenvalue weighted by molar-refractivity contribution is 5.97. The van der Waals surface area contributed by atoms with Gasteiger partial charge in [-0.15, -0.1) is 0 Å². The number of aryl methyl sites for hydroxylation is 2. The maximum absolute atomic E-state index is 11.8. The maximum atomic E-state index is 11.8. The second kappa shape index (κ2) is 8.80. The minimum Gasteiger partial charge on any atom is -0.482 e. The fraction of sp³-hybridized carbons (Fsp3) is 0.250. The monoisotopic (exact) mass is 355 g/mol. The minimum atomic E-state index is -0.642. The van der Waals surface area contributed by atoms with Crippen molar-refractivity contribution in [1.29, 1.82) is 0 Å². The van der Waals surface area contributed by atoms with Crippen molar-refractivity contribution in [3.05, 3.63) is 59.2 Å². The predicted molar refractivity (Wildman–Crippen MR) is 97.4 cm³/mol. The van der Waals surface area contributed by atoms with E-state index in [2.05, 4.69) is 5.32 Å². The van der Waals surface area contributed by atoms with E-state index in [-0.39, 0.29) is 12.4 Å². The molecule has 6 nitrogen and oxygen atoms in total. The number of ketones is 1. The quantitative estimate of drug-likeness (QED) is 0.610. The molecule has 0 atom stereocenters. The Balaban J connectivity index is 1.78. The summed E-state index contributed by atoms with van der Waals surface area (Å²) in [7, 11) is 0. The van der Waals surface area contributed by atoms with Crippen LogP contribution in [0.2, 0.25) is 0 Å². The molecule has 1 N–H and O–H groups in total. The highest BCUT2D eigenvalue weighted by Gasteiger charge is 2.10. The van der Waals surface area contributed by atoms with Crippen LogP contribution in [0.15, 0.2) is 42.5 Å². The average Bonchev–Trinajstić information content (AvgIpc) is 2.57. The normalized spacial score (nSPS) is 10.1. The molecule has 2 aromatic rings. The smallest absolute Gasteiger partial charge is 0.344 e. The Bertz CT molecular complexity index is 808. The van der Waals surface area contributed by atoms with Gasteiger partial charge in [-0.05, 0) is 56.2 Å². The standard InChI is InChI=1S/C20H21NO5/c1-13-7-14(2)9-18(8-13)25-12-20(24)26-11-19(23)21-17-6-4-5-16(10-17)15(3)22/h4-10H,11-12H2,1-3H3,(H,21,23). The van der Waals surface area contributed by atoms with Crippen molar-refractivity contribution in [1.82, 2.24) is 0 Å². The van der Waals surface area contributed by atoms with Gasteiger partial charge in [-0.2, -0.15) is 0 Å². The fourth-order valence-corrected chi connectivity index (χ4v) is 2.36. The van der Waals surface area contributed by atoms with Gasteiger partial charge < -0.3 is 14.8 Å². The number of hydrogen-bond acceptors (Lipinski definition) is 5. The summed E-state index contributed by atoms with van der Waals surface area (Å²) in [5, 5.41) is 2.57. The van der Waals surface area contributed by atoms with Crippen molar-refractivity contribution in [2.75, 3.05) is 18.5 Å². The Kier molecular flexibility index (Phi) is 6.49. The highest BCUT2D eigenvalue weighted by Crippen LogP contribution is 2.16.